The molecule has 7 heteroatoms. The van der Waals surface area contributed by atoms with Gasteiger partial charge in [0.2, 0.25) is 0 Å². The third-order valence-electron chi connectivity index (χ3n) is 2.04. The number of nitrogens with one attached hydrogen (secondary N) is 2. The molecule has 1 aromatic carbocycles. The number of aliphatic hydroxyl groups excluding tert-OH is 1. The molecule has 1 aromatic rings. The van der Waals surface area contributed by atoms with Crippen LogP contribution in [-0.4, -0.2) is 23.8 Å². The van der Waals surface area contributed by atoms with E-state index < -0.39 is 23.9 Å². The Morgan fingerprint density at radius 2 is 2.00 bits per heavy atom. The van der Waals surface area contributed by atoms with Crippen LogP contribution in [0.15, 0.2) is 24.3 Å². The number of amides is 2. The first-order chi connectivity index (χ1) is 8.30. The Hall–Kier alpha value is -1.76. The number of rotatable bonds is 3. The van der Waals surface area contributed by atoms with E-state index in [4.69, 9.17) is 5.11 Å². The Morgan fingerprint density at radius 1 is 1.39 bits per heavy atom. The van der Waals surface area contributed by atoms with Crippen LogP contribution in [0.1, 0.15) is 12.5 Å². The third-order valence-corrected chi connectivity index (χ3v) is 2.04. The summed E-state index contributed by atoms with van der Waals surface area (Å²) in [6.07, 6.45) is -5.30. The van der Waals surface area contributed by atoms with E-state index >= 15 is 0 Å². The molecule has 0 bridgehead atoms. The Balaban J connectivity index is 2.76. The fourth-order valence-corrected chi connectivity index (χ4v) is 1.25. The van der Waals surface area contributed by atoms with E-state index in [0.717, 1.165) is 12.1 Å². The second kappa shape index (κ2) is 5.72. The molecule has 18 heavy (non-hydrogen) atoms. The van der Waals surface area contributed by atoms with Crippen molar-refractivity contribution in [3.8, 4) is 0 Å². The standard InChI is InChI=1S/C11H13F3N2O2/c1-7(17)6-15-10(18)16-9-5-3-2-4-8(9)11(12,13)14/h2-5,7,17H,6H2,1H3,(H2,15,16,18)/t7-/m1/s1. The molecule has 4 nitrogen and oxygen atoms in total. The molecule has 0 heterocycles. The summed E-state index contributed by atoms with van der Waals surface area (Å²) in [4.78, 5) is 11.3. The van der Waals surface area contributed by atoms with Crippen molar-refractivity contribution in [2.75, 3.05) is 11.9 Å². The average Bonchev–Trinajstić information content (AvgIpc) is 2.25. The van der Waals surface area contributed by atoms with Crippen LogP contribution in [0.4, 0.5) is 23.7 Å². The zero-order chi connectivity index (χ0) is 13.8. The largest absolute Gasteiger partial charge is 0.418 e. The maximum atomic E-state index is 12.6. The summed E-state index contributed by atoms with van der Waals surface area (Å²) >= 11 is 0. The first kappa shape index (κ1) is 14.3. The monoisotopic (exact) mass is 262 g/mol. The van der Waals surface area contributed by atoms with Crippen molar-refractivity contribution in [3.63, 3.8) is 0 Å². The smallest absolute Gasteiger partial charge is 0.392 e. The number of urea groups is 1. The molecule has 100 valence electrons. The van der Waals surface area contributed by atoms with E-state index in [2.05, 4.69) is 10.6 Å². The zero-order valence-electron chi connectivity index (χ0n) is 9.58. The van der Waals surface area contributed by atoms with Crippen molar-refractivity contribution in [3.05, 3.63) is 29.8 Å². The van der Waals surface area contributed by atoms with Crippen LogP contribution in [0.2, 0.25) is 0 Å². The molecule has 0 aliphatic rings. The van der Waals surface area contributed by atoms with Crippen LogP contribution >= 0.6 is 0 Å². The van der Waals surface area contributed by atoms with E-state index in [9.17, 15) is 18.0 Å². The second-order valence-corrected chi connectivity index (χ2v) is 3.73. The molecular formula is C11H13F3N2O2. The maximum Gasteiger partial charge on any atom is 0.418 e. The van der Waals surface area contributed by atoms with Gasteiger partial charge in [-0.25, -0.2) is 4.79 Å². The van der Waals surface area contributed by atoms with Crippen LogP contribution in [-0.2, 0) is 6.18 Å². The van der Waals surface area contributed by atoms with Crippen LogP contribution in [0.5, 0.6) is 0 Å². The number of para-hydroxylation sites is 1. The number of carbonyl (C=O) groups is 1. The minimum absolute atomic E-state index is 0.0416. The number of halogens is 3. The Morgan fingerprint density at radius 3 is 2.56 bits per heavy atom. The number of benzene rings is 1. The fourth-order valence-electron chi connectivity index (χ4n) is 1.25. The first-order valence-electron chi connectivity index (χ1n) is 5.20. The lowest BCUT2D eigenvalue weighted by Gasteiger charge is -2.14. The molecule has 0 spiro atoms. The quantitative estimate of drug-likeness (QED) is 0.782. The van der Waals surface area contributed by atoms with Crippen molar-refractivity contribution in [2.24, 2.45) is 0 Å². The molecule has 0 saturated heterocycles. The molecule has 3 N–H and O–H groups in total. The maximum absolute atomic E-state index is 12.6. The summed E-state index contributed by atoms with van der Waals surface area (Å²) in [5, 5.41) is 13.3. The SMILES string of the molecule is C[C@@H](O)CNC(=O)Nc1ccccc1C(F)(F)F. The van der Waals surface area contributed by atoms with E-state index in [0.29, 0.717) is 0 Å². The first-order valence-corrected chi connectivity index (χ1v) is 5.20. The van der Waals surface area contributed by atoms with Gasteiger partial charge >= 0.3 is 12.2 Å². The molecule has 0 aromatic heterocycles. The highest BCUT2D eigenvalue weighted by Gasteiger charge is 2.33. The number of alkyl halides is 3. The predicted octanol–water partition coefficient (Wildman–Crippen LogP) is 2.21. The van der Waals surface area contributed by atoms with Gasteiger partial charge in [-0.05, 0) is 19.1 Å². The Labute approximate surface area is 102 Å². The molecular weight excluding hydrogens is 249 g/mol. The van der Waals surface area contributed by atoms with Gasteiger partial charge in [-0.15, -0.1) is 0 Å². The van der Waals surface area contributed by atoms with Gasteiger partial charge in [0, 0.05) is 6.54 Å². The molecule has 2 amide bonds. The molecule has 0 fully saturated rings. The van der Waals surface area contributed by atoms with Gasteiger partial charge in [-0.1, -0.05) is 12.1 Å². The summed E-state index contributed by atoms with van der Waals surface area (Å²) in [7, 11) is 0. The number of hydrogen-bond acceptors (Lipinski definition) is 2. The van der Waals surface area contributed by atoms with Crippen molar-refractivity contribution in [1.82, 2.24) is 5.32 Å². The number of anilines is 1. The number of hydrogen-bond donors (Lipinski definition) is 3. The lowest BCUT2D eigenvalue weighted by molar-refractivity contribution is -0.136. The van der Waals surface area contributed by atoms with E-state index in [1.165, 1.54) is 19.1 Å². The highest BCUT2D eigenvalue weighted by Crippen LogP contribution is 2.34. The Kier molecular flexibility index (Phi) is 4.55. The van der Waals surface area contributed by atoms with Gasteiger partial charge in [0.25, 0.3) is 0 Å². The molecule has 1 atom stereocenters. The number of aliphatic hydroxyl groups is 1. The second-order valence-electron chi connectivity index (χ2n) is 3.73. The third kappa shape index (κ3) is 4.25. The normalized spacial score (nSPS) is 12.9. The van der Waals surface area contributed by atoms with E-state index in [1.54, 1.807) is 0 Å². The summed E-state index contributed by atoms with van der Waals surface area (Å²) in [5.41, 5.74) is -1.25. The molecule has 0 radical (unpaired) electrons. The molecule has 1 rings (SSSR count). The van der Waals surface area contributed by atoms with Gasteiger partial charge in [-0.2, -0.15) is 13.2 Å². The van der Waals surface area contributed by atoms with Crippen LogP contribution in [0.3, 0.4) is 0 Å². The van der Waals surface area contributed by atoms with E-state index in [-0.39, 0.29) is 12.2 Å². The fraction of sp³-hybridized carbons (Fsp3) is 0.364. The van der Waals surface area contributed by atoms with Gasteiger partial charge in [-0.3, -0.25) is 0 Å². The summed E-state index contributed by atoms with van der Waals surface area (Å²) < 4.78 is 37.8. The van der Waals surface area contributed by atoms with Crippen molar-refractivity contribution >= 4 is 11.7 Å². The molecule has 0 aliphatic carbocycles. The predicted molar refractivity (Wildman–Crippen MR) is 60.1 cm³/mol. The van der Waals surface area contributed by atoms with Gasteiger partial charge in [0.1, 0.15) is 0 Å². The lowest BCUT2D eigenvalue weighted by Crippen LogP contribution is -2.34. The zero-order valence-corrected chi connectivity index (χ0v) is 9.58. The van der Waals surface area contributed by atoms with E-state index in [1.807, 2.05) is 0 Å². The molecule has 0 unspecified atom stereocenters. The highest BCUT2D eigenvalue weighted by molar-refractivity contribution is 5.90. The van der Waals surface area contributed by atoms with Gasteiger partial charge in [0.15, 0.2) is 0 Å². The minimum atomic E-state index is -4.53. The molecule has 0 aliphatic heterocycles. The van der Waals surface area contributed by atoms with Crippen LogP contribution in [0.25, 0.3) is 0 Å². The highest BCUT2D eigenvalue weighted by atomic mass is 19.4. The average molecular weight is 262 g/mol. The van der Waals surface area contributed by atoms with Crippen molar-refractivity contribution in [2.45, 2.75) is 19.2 Å². The summed E-state index contributed by atoms with van der Waals surface area (Å²) in [6.45, 7) is 1.41. The number of carbonyl (C=O) groups excluding carboxylic acids is 1. The topological polar surface area (TPSA) is 61.4 Å². The van der Waals surface area contributed by atoms with Crippen molar-refractivity contribution in [1.29, 1.82) is 0 Å². The summed E-state index contributed by atoms with van der Waals surface area (Å²) in [6, 6.07) is 3.86. The van der Waals surface area contributed by atoms with Crippen molar-refractivity contribution < 1.29 is 23.1 Å². The Bertz CT molecular complexity index is 419. The molecule has 0 saturated carbocycles. The lowest BCUT2D eigenvalue weighted by atomic mass is 10.1. The minimum Gasteiger partial charge on any atom is -0.392 e. The summed E-state index contributed by atoms with van der Waals surface area (Å²) in [5.74, 6) is 0. The van der Waals surface area contributed by atoms with Crippen LogP contribution in [0, 0.1) is 0 Å². The van der Waals surface area contributed by atoms with Gasteiger partial charge in [0.05, 0.1) is 17.4 Å². The van der Waals surface area contributed by atoms with Gasteiger partial charge < -0.3 is 15.7 Å². The van der Waals surface area contributed by atoms with Crippen LogP contribution < -0.4 is 10.6 Å².